The van der Waals surface area contributed by atoms with Crippen LogP contribution in [0.1, 0.15) is 17.5 Å². The lowest BCUT2D eigenvalue weighted by Gasteiger charge is -2.24. The van der Waals surface area contributed by atoms with Gasteiger partial charge in [0.2, 0.25) is 0 Å². The molecule has 1 aromatic carbocycles. The van der Waals surface area contributed by atoms with Gasteiger partial charge in [0.1, 0.15) is 5.75 Å². The van der Waals surface area contributed by atoms with Gasteiger partial charge in [-0.2, -0.15) is 0 Å². The van der Waals surface area contributed by atoms with E-state index < -0.39 is 5.54 Å². The number of phenols is 1. The van der Waals surface area contributed by atoms with Gasteiger partial charge >= 0.3 is 0 Å². The Morgan fingerprint density at radius 1 is 1.57 bits per heavy atom. The summed E-state index contributed by atoms with van der Waals surface area (Å²) < 4.78 is 5.12. The number of benzene rings is 1. The van der Waals surface area contributed by atoms with Gasteiger partial charge in [0.05, 0.1) is 12.1 Å². The van der Waals surface area contributed by atoms with Crippen LogP contribution in [0.4, 0.5) is 0 Å². The smallest absolute Gasteiger partial charge is 0.115 e. The second-order valence-electron chi connectivity index (χ2n) is 3.93. The Morgan fingerprint density at radius 2 is 2.36 bits per heavy atom. The van der Waals surface area contributed by atoms with Crippen molar-refractivity contribution in [2.24, 2.45) is 5.73 Å². The van der Waals surface area contributed by atoms with Crippen molar-refractivity contribution in [3.8, 4) is 5.75 Å². The number of hydrogen-bond acceptors (Lipinski definition) is 3. The predicted molar refractivity (Wildman–Crippen MR) is 54.2 cm³/mol. The summed E-state index contributed by atoms with van der Waals surface area (Å²) in [7, 11) is 1.65. The lowest BCUT2D eigenvalue weighted by atomic mass is 9.94. The third-order valence-corrected chi connectivity index (χ3v) is 2.87. The topological polar surface area (TPSA) is 55.5 Å². The Hall–Kier alpha value is -1.06. The fourth-order valence-corrected chi connectivity index (χ4v) is 2.15. The van der Waals surface area contributed by atoms with E-state index in [4.69, 9.17) is 10.5 Å². The Morgan fingerprint density at radius 3 is 3.07 bits per heavy atom. The highest BCUT2D eigenvalue weighted by Crippen LogP contribution is 2.36. The quantitative estimate of drug-likeness (QED) is 0.740. The van der Waals surface area contributed by atoms with Crippen LogP contribution < -0.4 is 5.73 Å². The summed E-state index contributed by atoms with van der Waals surface area (Å²) in [5, 5.41) is 9.40. The van der Waals surface area contributed by atoms with E-state index in [1.165, 1.54) is 5.56 Å². The van der Waals surface area contributed by atoms with E-state index in [1.807, 2.05) is 6.07 Å². The van der Waals surface area contributed by atoms with Crippen LogP contribution >= 0.6 is 0 Å². The molecule has 1 aromatic rings. The van der Waals surface area contributed by atoms with Gasteiger partial charge < -0.3 is 15.6 Å². The van der Waals surface area contributed by atoms with E-state index >= 15 is 0 Å². The first-order valence-corrected chi connectivity index (χ1v) is 4.76. The molecule has 3 N–H and O–H groups in total. The number of ether oxygens (including phenoxy) is 1. The number of methoxy groups -OCH3 is 1. The minimum absolute atomic E-state index is 0.275. The first kappa shape index (κ1) is 9.49. The number of aryl methyl sites for hydroxylation is 1. The summed E-state index contributed by atoms with van der Waals surface area (Å²) in [5.41, 5.74) is 8.05. The number of phenolic OH excluding ortho intramolecular Hbond substituents is 1. The Kier molecular flexibility index (Phi) is 2.21. The molecule has 0 bridgehead atoms. The number of aromatic hydroxyl groups is 1. The molecule has 1 atom stereocenters. The molecule has 76 valence electrons. The molecule has 3 heteroatoms. The van der Waals surface area contributed by atoms with Crippen LogP contribution in [0.2, 0.25) is 0 Å². The molecular formula is C11H15NO2. The second kappa shape index (κ2) is 3.26. The minimum Gasteiger partial charge on any atom is -0.508 e. The zero-order chi connectivity index (χ0) is 10.2. The van der Waals surface area contributed by atoms with Crippen molar-refractivity contribution in [1.29, 1.82) is 0 Å². The van der Waals surface area contributed by atoms with Crippen LogP contribution in [0.25, 0.3) is 0 Å². The minimum atomic E-state index is -0.414. The van der Waals surface area contributed by atoms with E-state index in [2.05, 4.69) is 0 Å². The molecular weight excluding hydrogens is 178 g/mol. The molecule has 3 nitrogen and oxygen atoms in total. The monoisotopic (exact) mass is 193 g/mol. The summed E-state index contributed by atoms with van der Waals surface area (Å²) >= 11 is 0. The Bertz CT molecular complexity index is 347. The largest absolute Gasteiger partial charge is 0.508 e. The average molecular weight is 193 g/mol. The van der Waals surface area contributed by atoms with Gasteiger partial charge in [0.25, 0.3) is 0 Å². The van der Waals surface area contributed by atoms with Crippen molar-refractivity contribution in [1.82, 2.24) is 0 Å². The highest BCUT2D eigenvalue weighted by Gasteiger charge is 2.35. The van der Waals surface area contributed by atoms with E-state index in [1.54, 1.807) is 19.2 Å². The van der Waals surface area contributed by atoms with Crippen molar-refractivity contribution in [3.63, 3.8) is 0 Å². The lowest BCUT2D eigenvalue weighted by Crippen LogP contribution is -2.38. The van der Waals surface area contributed by atoms with Gasteiger partial charge in [-0.15, -0.1) is 0 Å². The van der Waals surface area contributed by atoms with Crippen molar-refractivity contribution < 1.29 is 9.84 Å². The van der Waals surface area contributed by atoms with Gasteiger partial charge in [0, 0.05) is 7.11 Å². The van der Waals surface area contributed by atoms with Crippen LogP contribution in [0.3, 0.4) is 0 Å². The Balaban J connectivity index is 2.41. The molecule has 0 radical (unpaired) electrons. The zero-order valence-electron chi connectivity index (χ0n) is 8.29. The molecule has 0 aromatic heterocycles. The van der Waals surface area contributed by atoms with Crippen molar-refractivity contribution in [3.05, 3.63) is 29.3 Å². The second-order valence-corrected chi connectivity index (χ2v) is 3.93. The van der Waals surface area contributed by atoms with Gasteiger partial charge in [0.15, 0.2) is 0 Å². The molecule has 0 spiro atoms. The SMILES string of the molecule is COCC1(N)CCc2ccc(O)cc21. The van der Waals surface area contributed by atoms with E-state index in [-0.39, 0.29) is 5.75 Å². The van der Waals surface area contributed by atoms with Crippen LogP contribution in [0.5, 0.6) is 5.75 Å². The molecule has 1 aliphatic carbocycles. The number of rotatable bonds is 2. The molecule has 0 saturated heterocycles. The first-order valence-electron chi connectivity index (χ1n) is 4.76. The number of nitrogens with two attached hydrogens (primary N) is 1. The van der Waals surface area contributed by atoms with Gasteiger partial charge in [-0.1, -0.05) is 6.07 Å². The lowest BCUT2D eigenvalue weighted by molar-refractivity contribution is 0.132. The predicted octanol–water partition coefficient (Wildman–Crippen LogP) is 1.14. The third-order valence-electron chi connectivity index (χ3n) is 2.87. The summed E-state index contributed by atoms with van der Waals surface area (Å²) in [5.74, 6) is 0.275. The fourth-order valence-electron chi connectivity index (χ4n) is 2.15. The molecule has 0 amide bonds. The first-order chi connectivity index (χ1) is 6.65. The van der Waals surface area contributed by atoms with Gasteiger partial charge in [-0.3, -0.25) is 0 Å². The maximum atomic E-state index is 9.40. The van der Waals surface area contributed by atoms with Gasteiger partial charge in [-0.25, -0.2) is 0 Å². The van der Waals surface area contributed by atoms with E-state index in [0.717, 1.165) is 18.4 Å². The van der Waals surface area contributed by atoms with Crippen molar-refractivity contribution in [2.45, 2.75) is 18.4 Å². The molecule has 0 saturated carbocycles. The van der Waals surface area contributed by atoms with E-state index in [0.29, 0.717) is 6.61 Å². The normalized spacial score (nSPS) is 25.0. The van der Waals surface area contributed by atoms with Gasteiger partial charge in [-0.05, 0) is 36.1 Å². The summed E-state index contributed by atoms with van der Waals surface area (Å²) in [6.07, 6.45) is 1.86. The molecule has 2 rings (SSSR count). The Labute approximate surface area is 83.5 Å². The molecule has 0 aliphatic heterocycles. The molecule has 0 heterocycles. The highest BCUT2D eigenvalue weighted by molar-refractivity contribution is 5.43. The molecule has 0 fully saturated rings. The maximum absolute atomic E-state index is 9.40. The molecule has 1 unspecified atom stereocenters. The zero-order valence-corrected chi connectivity index (χ0v) is 8.29. The average Bonchev–Trinajstić information content (AvgIpc) is 2.45. The standard InChI is InChI=1S/C11H15NO2/c1-14-7-11(12)5-4-8-2-3-9(13)6-10(8)11/h2-3,6,13H,4-5,7,12H2,1H3. The summed E-state index contributed by atoms with van der Waals surface area (Å²) in [4.78, 5) is 0. The van der Waals surface area contributed by atoms with Crippen molar-refractivity contribution >= 4 is 0 Å². The van der Waals surface area contributed by atoms with Crippen LogP contribution in [-0.4, -0.2) is 18.8 Å². The highest BCUT2D eigenvalue weighted by atomic mass is 16.5. The summed E-state index contributed by atoms with van der Waals surface area (Å²) in [6.45, 7) is 0.503. The van der Waals surface area contributed by atoms with Crippen LogP contribution in [0.15, 0.2) is 18.2 Å². The van der Waals surface area contributed by atoms with Crippen LogP contribution in [0, 0.1) is 0 Å². The number of hydrogen-bond donors (Lipinski definition) is 2. The maximum Gasteiger partial charge on any atom is 0.115 e. The fraction of sp³-hybridized carbons (Fsp3) is 0.455. The van der Waals surface area contributed by atoms with E-state index in [9.17, 15) is 5.11 Å². The van der Waals surface area contributed by atoms with Crippen LogP contribution in [-0.2, 0) is 16.7 Å². The molecule has 14 heavy (non-hydrogen) atoms. The number of fused-ring (bicyclic) bond motifs is 1. The third kappa shape index (κ3) is 1.38. The van der Waals surface area contributed by atoms with Crippen molar-refractivity contribution in [2.75, 3.05) is 13.7 Å². The molecule has 1 aliphatic rings. The summed E-state index contributed by atoms with van der Waals surface area (Å²) in [6, 6.07) is 5.40.